The molecule has 1 aromatic carbocycles. The summed E-state index contributed by atoms with van der Waals surface area (Å²) in [6.07, 6.45) is 2.01. The first-order valence-electron chi connectivity index (χ1n) is 5.45. The van der Waals surface area contributed by atoms with Gasteiger partial charge in [-0.25, -0.2) is 4.98 Å². The first kappa shape index (κ1) is 12.5. The highest BCUT2D eigenvalue weighted by Crippen LogP contribution is 2.15. The maximum atomic E-state index is 8.57. The number of ether oxygens (including phenoxy) is 1. The van der Waals surface area contributed by atoms with Gasteiger partial charge in [-0.05, 0) is 17.7 Å². The fraction of sp³-hybridized carbons (Fsp3) is 0.231. The number of imidazole rings is 1. The van der Waals surface area contributed by atoms with E-state index in [0.29, 0.717) is 18.2 Å². The summed E-state index contributed by atoms with van der Waals surface area (Å²) < 4.78 is 7.36. The standard InChI is InChI=1S/C13H12ClN3O/c1-17-12(14)8-16-13(17)9-18-11-4-2-10(3-5-11)6-7-15/h2-5,8H,6,9H2,1H3. The van der Waals surface area contributed by atoms with E-state index in [0.717, 1.165) is 17.1 Å². The highest BCUT2D eigenvalue weighted by Gasteiger charge is 2.05. The molecule has 0 amide bonds. The van der Waals surface area contributed by atoms with Crippen LogP contribution in [0, 0.1) is 11.3 Å². The smallest absolute Gasteiger partial charge is 0.147 e. The van der Waals surface area contributed by atoms with Crippen molar-refractivity contribution in [1.29, 1.82) is 5.26 Å². The molecule has 5 heteroatoms. The quantitative estimate of drug-likeness (QED) is 0.850. The van der Waals surface area contributed by atoms with E-state index in [1.165, 1.54) is 0 Å². The Morgan fingerprint density at radius 1 is 1.39 bits per heavy atom. The first-order valence-corrected chi connectivity index (χ1v) is 5.83. The topological polar surface area (TPSA) is 50.8 Å². The van der Waals surface area contributed by atoms with Gasteiger partial charge in [0.05, 0.1) is 18.7 Å². The molecule has 1 aromatic heterocycles. The molecule has 2 rings (SSSR count). The zero-order valence-corrected chi connectivity index (χ0v) is 10.7. The van der Waals surface area contributed by atoms with Gasteiger partial charge in [0.15, 0.2) is 0 Å². The molecule has 0 saturated carbocycles. The van der Waals surface area contributed by atoms with Gasteiger partial charge in [0.2, 0.25) is 0 Å². The second-order valence-corrected chi connectivity index (χ2v) is 4.21. The van der Waals surface area contributed by atoms with Gasteiger partial charge in [-0.2, -0.15) is 5.26 Å². The van der Waals surface area contributed by atoms with Gasteiger partial charge in [0, 0.05) is 7.05 Å². The number of hydrogen-bond acceptors (Lipinski definition) is 3. The van der Waals surface area contributed by atoms with Crippen LogP contribution in [0.5, 0.6) is 5.75 Å². The van der Waals surface area contributed by atoms with Crippen LogP contribution in [0.2, 0.25) is 5.15 Å². The second-order valence-electron chi connectivity index (χ2n) is 3.82. The van der Waals surface area contributed by atoms with Crippen LogP contribution in [-0.4, -0.2) is 9.55 Å². The molecule has 2 aromatic rings. The molecule has 4 nitrogen and oxygen atoms in total. The summed E-state index contributed by atoms with van der Waals surface area (Å²) >= 11 is 5.88. The molecule has 0 unspecified atom stereocenters. The largest absolute Gasteiger partial charge is 0.486 e. The summed E-state index contributed by atoms with van der Waals surface area (Å²) in [4.78, 5) is 4.14. The Hall–Kier alpha value is -1.99. The predicted octanol–water partition coefficient (Wildman–Crippen LogP) is 2.72. The molecule has 0 aliphatic heterocycles. The third-order valence-corrected chi connectivity index (χ3v) is 2.95. The molecule has 0 radical (unpaired) electrons. The molecule has 0 spiro atoms. The lowest BCUT2D eigenvalue weighted by Gasteiger charge is -2.06. The summed E-state index contributed by atoms with van der Waals surface area (Å²) in [6.45, 7) is 0.362. The number of halogens is 1. The monoisotopic (exact) mass is 261 g/mol. The van der Waals surface area contributed by atoms with Crippen LogP contribution >= 0.6 is 11.6 Å². The van der Waals surface area contributed by atoms with Crippen molar-refractivity contribution in [2.45, 2.75) is 13.0 Å². The van der Waals surface area contributed by atoms with Gasteiger partial charge in [0.25, 0.3) is 0 Å². The number of hydrogen-bond donors (Lipinski definition) is 0. The highest BCUT2D eigenvalue weighted by molar-refractivity contribution is 6.29. The summed E-state index contributed by atoms with van der Waals surface area (Å²) in [7, 11) is 1.84. The first-order chi connectivity index (χ1) is 8.70. The Balaban J connectivity index is 1.98. The van der Waals surface area contributed by atoms with E-state index in [9.17, 15) is 0 Å². The van der Waals surface area contributed by atoms with Crippen LogP contribution in [-0.2, 0) is 20.1 Å². The van der Waals surface area contributed by atoms with Crippen molar-refractivity contribution in [2.24, 2.45) is 7.05 Å². The van der Waals surface area contributed by atoms with E-state index in [4.69, 9.17) is 21.6 Å². The molecular formula is C13H12ClN3O. The summed E-state index contributed by atoms with van der Waals surface area (Å²) in [5.41, 5.74) is 0.977. The summed E-state index contributed by atoms with van der Waals surface area (Å²) in [5, 5.41) is 9.15. The van der Waals surface area contributed by atoms with Crippen LogP contribution in [0.1, 0.15) is 11.4 Å². The highest BCUT2D eigenvalue weighted by atomic mass is 35.5. The average molecular weight is 262 g/mol. The van der Waals surface area contributed by atoms with Crippen LogP contribution in [0.3, 0.4) is 0 Å². The zero-order valence-electron chi connectivity index (χ0n) is 9.93. The Morgan fingerprint density at radius 2 is 2.11 bits per heavy atom. The fourth-order valence-electron chi connectivity index (χ4n) is 1.50. The molecule has 0 saturated heterocycles. The SMILES string of the molecule is Cn1c(Cl)cnc1COc1ccc(CC#N)cc1. The lowest BCUT2D eigenvalue weighted by Crippen LogP contribution is -2.03. The van der Waals surface area contributed by atoms with Crippen LogP contribution in [0.25, 0.3) is 0 Å². The van der Waals surface area contributed by atoms with Crippen molar-refractivity contribution in [1.82, 2.24) is 9.55 Å². The van der Waals surface area contributed by atoms with Gasteiger partial charge in [-0.1, -0.05) is 23.7 Å². The average Bonchev–Trinajstić information content (AvgIpc) is 2.70. The molecule has 1 heterocycles. The molecule has 92 valence electrons. The number of rotatable bonds is 4. The van der Waals surface area contributed by atoms with Crippen LogP contribution in [0.15, 0.2) is 30.5 Å². The number of nitrogens with zero attached hydrogens (tertiary/aromatic N) is 3. The Labute approximate surface area is 110 Å². The third kappa shape index (κ3) is 2.82. The van der Waals surface area contributed by atoms with Crippen molar-refractivity contribution < 1.29 is 4.74 Å². The molecule has 0 bridgehead atoms. The van der Waals surface area contributed by atoms with Crippen LogP contribution < -0.4 is 4.74 Å². The molecule has 18 heavy (non-hydrogen) atoms. The Bertz CT molecular complexity index is 569. The molecule has 0 aliphatic rings. The normalized spacial score (nSPS) is 10.1. The van der Waals surface area contributed by atoms with Gasteiger partial charge in [-0.15, -0.1) is 0 Å². The van der Waals surface area contributed by atoms with Gasteiger partial charge >= 0.3 is 0 Å². The molecule has 0 atom stereocenters. The van der Waals surface area contributed by atoms with Gasteiger partial charge in [0.1, 0.15) is 23.3 Å². The summed E-state index contributed by atoms with van der Waals surface area (Å²) in [6, 6.07) is 9.55. The van der Waals surface area contributed by atoms with Crippen molar-refractivity contribution in [2.75, 3.05) is 0 Å². The molecular weight excluding hydrogens is 250 g/mol. The molecule has 0 aliphatic carbocycles. The lowest BCUT2D eigenvalue weighted by atomic mass is 10.2. The zero-order chi connectivity index (χ0) is 13.0. The van der Waals surface area contributed by atoms with Crippen molar-refractivity contribution >= 4 is 11.6 Å². The maximum absolute atomic E-state index is 8.57. The van der Waals surface area contributed by atoms with E-state index in [1.807, 2.05) is 31.3 Å². The van der Waals surface area contributed by atoms with Crippen molar-refractivity contribution in [3.05, 3.63) is 47.0 Å². The predicted molar refractivity (Wildman–Crippen MR) is 68.3 cm³/mol. The Kier molecular flexibility index (Phi) is 3.85. The van der Waals surface area contributed by atoms with Crippen molar-refractivity contribution in [3.63, 3.8) is 0 Å². The Morgan fingerprint density at radius 3 is 2.67 bits per heavy atom. The minimum atomic E-state index is 0.362. The molecule has 0 N–H and O–H groups in total. The van der Waals surface area contributed by atoms with E-state index >= 15 is 0 Å². The van der Waals surface area contributed by atoms with Crippen molar-refractivity contribution in [3.8, 4) is 11.8 Å². The second kappa shape index (κ2) is 5.56. The van der Waals surface area contributed by atoms with E-state index in [1.54, 1.807) is 10.8 Å². The van der Waals surface area contributed by atoms with E-state index < -0.39 is 0 Å². The van der Waals surface area contributed by atoms with Gasteiger partial charge in [-0.3, -0.25) is 0 Å². The van der Waals surface area contributed by atoms with Crippen LogP contribution in [0.4, 0.5) is 0 Å². The van der Waals surface area contributed by atoms with Gasteiger partial charge < -0.3 is 9.30 Å². The summed E-state index contributed by atoms with van der Waals surface area (Å²) in [5.74, 6) is 1.51. The van der Waals surface area contributed by atoms with E-state index in [2.05, 4.69) is 11.1 Å². The number of nitriles is 1. The number of benzene rings is 1. The minimum absolute atomic E-state index is 0.362. The third-order valence-electron chi connectivity index (χ3n) is 2.60. The lowest BCUT2D eigenvalue weighted by molar-refractivity contribution is 0.292. The molecule has 0 fully saturated rings. The maximum Gasteiger partial charge on any atom is 0.147 e. The fourth-order valence-corrected chi connectivity index (χ4v) is 1.65. The number of aromatic nitrogens is 2. The van der Waals surface area contributed by atoms with E-state index in [-0.39, 0.29) is 0 Å². The minimum Gasteiger partial charge on any atom is -0.486 e.